The third-order valence-electron chi connectivity index (χ3n) is 7.10. The molecule has 1 aromatic heterocycles. The van der Waals surface area contributed by atoms with Gasteiger partial charge < -0.3 is 14.5 Å². The third-order valence-corrected chi connectivity index (χ3v) is 7.10. The Labute approximate surface area is 226 Å². The first-order valence-electron chi connectivity index (χ1n) is 13.2. The van der Waals surface area contributed by atoms with Gasteiger partial charge in [0.05, 0.1) is 12.3 Å². The van der Waals surface area contributed by atoms with E-state index >= 15 is 0 Å². The first-order valence-corrected chi connectivity index (χ1v) is 13.2. The van der Waals surface area contributed by atoms with Crippen LogP contribution in [0.2, 0.25) is 0 Å². The number of rotatable bonds is 6. The van der Waals surface area contributed by atoms with Gasteiger partial charge in [0, 0.05) is 49.7 Å². The largest absolute Gasteiger partial charge is 0.494 e. The van der Waals surface area contributed by atoms with E-state index in [-0.39, 0.29) is 11.7 Å². The summed E-state index contributed by atoms with van der Waals surface area (Å²) in [6.45, 7) is 5.17. The van der Waals surface area contributed by atoms with E-state index in [1.54, 1.807) is 18.3 Å². The summed E-state index contributed by atoms with van der Waals surface area (Å²) in [7, 11) is 0. The highest BCUT2D eigenvalue weighted by Crippen LogP contribution is 2.27. The number of carbonyl (C=O) groups is 1. The number of fused-ring (bicyclic) bond motifs is 1. The van der Waals surface area contributed by atoms with Crippen molar-refractivity contribution in [2.24, 2.45) is 0 Å². The van der Waals surface area contributed by atoms with Gasteiger partial charge in [-0.05, 0) is 66.2 Å². The number of carbonyl (C=O) groups excluding carboxylic acids is 1. The minimum absolute atomic E-state index is 0.115. The third kappa shape index (κ3) is 5.08. The normalized spacial score (nSPS) is 13.6. The molecular formula is C32H29FN4O2. The number of hydrogen-bond acceptors (Lipinski definition) is 4. The highest BCUT2D eigenvalue weighted by atomic mass is 19.1. The molecule has 4 aromatic carbocycles. The number of piperazine rings is 1. The molecule has 0 spiro atoms. The van der Waals surface area contributed by atoms with Crippen LogP contribution in [0.5, 0.6) is 5.75 Å². The molecule has 0 saturated carbocycles. The van der Waals surface area contributed by atoms with Crippen LogP contribution in [-0.2, 0) is 0 Å². The fourth-order valence-electron chi connectivity index (χ4n) is 5.08. The van der Waals surface area contributed by atoms with Crippen LogP contribution in [0.3, 0.4) is 0 Å². The zero-order valence-electron chi connectivity index (χ0n) is 21.8. The molecule has 1 fully saturated rings. The van der Waals surface area contributed by atoms with Gasteiger partial charge in [-0.15, -0.1) is 0 Å². The smallest absolute Gasteiger partial charge is 0.274 e. The van der Waals surface area contributed by atoms with Crippen molar-refractivity contribution in [3.8, 4) is 22.8 Å². The minimum Gasteiger partial charge on any atom is -0.494 e. The predicted octanol–water partition coefficient (Wildman–Crippen LogP) is 6.19. The Morgan fingerprint density at radius 1 is 0.846 bits per heavy atom. The predicted molar refractivity (Wildman–Crippen MR) is 152 cm³/mol. The molecule has 6 rings (SSSR count). The van der Waals surface area contributed by atoms with E-state index < -0.39 is 0 Å². The van der Waals surface area contributed by atoms with Crippen LogP contribution >= 0.6 is 0 Å². The minimum atomic E-state index is -0.323. The standard InChI is InChI=1S/C32H29FN4O2/c1-2-39-29-9-5-8-28(21-29)37-22-30(34-31(37)24-10-13-26(33)14-11-24)32(38)36-18-16-35(17-19-36)27-15-12-23-6-3-4-7-25(23)20-27/h3-15,20-22H,2,16-19H2,1H3. The molecule has 0 atom stereocenters. The van der Waals surface area contributed by atoms with Gasteiger partial charge in [0.25, 0.3) is 5.91 Å². The molecule has 1 aliphatic rings. The number of halogens is 1. The average molecular weight is 521 g/mol. The van der Waals surface area contributed by atoms with Crippen LogP contribution in [-0.4, -0.2) is 53.1 Å². The molecule has 1 saturated heterocycles. The van der Waals surface area contributed by atoms with Crippen molar-refractivity contribution in [3.63, 3.8) is 0 Å². The Hall–Kier alpha value is -4.65. The van der Waals surface area contributed by atoms with Crippen LogP contribution in [0.1, 0.15) is 17.4 Å². The lowest BCUT2D eigenvalue weighted by atomic mass is 10.1. The van der Waals surface area contributed by atoms with Crippen molar-refractivity contribution >= 4 is 22.4 Å². The van der Waals surface area contributed by atoms with Crippen molar-refractivity contribution in [2.75, 3.05) is 37.7 Å². The van der Waals surface area contributed by atoms with Crippen molar-refractivity contribution in [2.45, 2.75) is 6.92 Å². The number of anilines is 1. The maximum absolute atomic E-state index is 13.7. The Balaban J connectivity index is 1.25. The molecule has 196 valence electrons. The van der Waals surface area contributed by atoms with E-state index in [0.29, 0.717) is 31.2 Å². The van der Waals surface area contributed by atoms with E-state index in [0.717, 1.165) is 35.8 Å². The molecule has 6 nitrogen and oxygen atoms in total. The van der Waals surface area contributed by atoms with Crippen LogP contribution in [0.15, 0.2) is 97.2 Å². The summed E-state index contributed by atoms with van der Waals surface area (Å²) in [5.41, 5.74) is 3.06. The zero-order chi connectivity index (χ0) is 26.8. The molecule has 0 bridgehead atoms. The Bertz CT molecular complexity index is 1620. The van der Waals surface area contributed by atoms with E-state index in [4.69, 9.17) is 9.72 Å². The number of nitrogens with zero attached hydrogens (tertiary/aromatic N) is 4. The van der Waals surface area contributed by atoms with Crippen LogP contribution in [0, 0.1) is 5.82 Å². The molecule has 0 N–H and O–H groups in total. The molecule has 1 aliphatic heterocycles. The summed E-state index contributed by atoms with van der Waals surface area (Å²) >= 11 is 0. The van der Waals surface area contributed by atoms with E-state index in [1.165, 1.54) is 22.9 Å². The fourth-order valence-corrected chi connectivity index (χ4v) is 5.08. The van der Waals surface area contributed by atoms with Crippen molar-refractivity contribution < 1.29 is 13.9 Å². The Kier molecular flexibility index (Phi) is 6.71. The van der Waals surface area contributed by atoms with Gasteiger partial charge in [0.15, 0.2) is 0 Å². The lowest BCUT2D eigenvalue weighted by Gasteiger charge is -2.36. The van der Waals surface area contributed by atoms with Gasteiger partial charge in [-0.25, -0.2) is 9.37 Å². The van der Waals surface area contributed by atoms with Crippen molar-refractivity contribution in [1.29, 1.82) is 0 Å². The Morgan fingerprint density at radius 3 is 2.38 bits per heavy atom. The first kappa shape index (κ1) is 24.7. The van der Waals surface area contributed by atoms with Gasteiger partial charge in [-0.1, -0.05) is 36.4 Å². The first-order chi connectivity index (χ1) is 19.1. The monoisotopic (exact) mass is 520 g/mol. The molecule has 1 amide bonds. The fraction of sp³-hybridized carbons (Fsp3) is 0.188. The number of aromatic nitrogens is 2. The van der Waals surface area contributed by atoms with Crippen molar-refractivity contribution in [3.05, 3.63) is 109 Å². The average Bonchev–Trinajstić information content (AvgIpc) is 3.43. The van der Waals surface area contributed by atoms with Gasteiger partial charge in [-0.2, -0.15) is 0 Å². The summed E-state index contributed by atoms with van der Waals surface area (Å²) in [6.07, 6.45) is 1.77. The second-order valence-corrected chi connectivity index (χ2v) is 9.57. The summed E-state index contributed by atoms with van der Waals surface area (Å²) in [6, 6.07) is 28.6. The summed E-state index contributed by atoms with van der Waals surface area (Å²) in [5.74, 6) is 0.861. The number of amides is 1. The van der Waals surface area contributed by atoms with Crippen LogP contribution in [0.25, 0.3) is 27.8 Å². The highest BCUT2D eigenvalue weighted by molar-refractivity contribution is 5.93. The molecule has 0 aliphatic carbocycles. The van der Waals surface area contributed by atoms with E-state index in [1.807, 2.05) is 46.7 Å². The molecule has 5 aromatic rings. The lowest BCUT2D eigenvalue weighted by molar-refractivity contribution is 0.0741. The number of benzene rings is 4. The van der Waals surface area contributed by atoms with Gasteiger partial charge in [-0.3, -0.25) is 9.36 Å². The van der Waals surface area contributed by atoms with E-state index in [2.05, 4.69) is 41.3 Å². The molecule has 7 heteroatoms. The second kappa shape index (κ2) is 10.6. The summed E-state index contributed by atoms with van der Waals surface area (Å²) in [5, 5.41) is 2.43. The van der Waals surface area contributed by atoms with Gasteiger partial charge in [0.1, 0.15) is 23.1 Å². The molecular weight excluding hydrogens is 491 g/mol. The number of ether oxygens (including phenoxy) is 1. The Morgan fingerprint density at radius 2 is 1.62 bits per heavy atom. The maximum atomic E-state index is 13.7. The summed E-state index contributed by atoms with van der Waals surface area (Å²) in [4.78, 5) is 22.5. The number of hydrogen-bond donors (Lipinski definition) is 0. The SMILES string of the molecule is CCOc1cccc(-n2cc(C(=O)N3CCN(c4ccc5ccccc5c4)CC3)nc2-c2ccc(F)cc2)c1. The van der Waals surface area contributed by atoms with Crippen molar-refractivity contribution in [1.82, 2.24) is 14.5 Å². The van der Waals surface area contributed by atoms with Crippen LogP contribution in [0.4, 0.5) is 10.1 Å². The highest BCUT2D eigenvalue weighted by Gasteiger charge is 2.26. The summed E-state index contributed by atoms with van der Waals surface area (Å²) < 4.78 is 21.2. The second-order valence-electron chi connectivity index (χ2n) is 9.57. The van der Waals surface area contributed by atoms with Gasteiger partial charge in [0.2, 0.25) is 0 Å². The molecule has 0 radical (unpaired) electrons. The van der Waals surface area contributed by atoms with Gasteiger partial charge >= 0.3 is 0 Å². The molecule has 39 heavy (non-hydrogen) atoms. The topological polar surface area (TPSA) is 50.6 Å². The van der Waals surface area contributed by atoms with Crippen LogP contribution < -0.4 is 9.64 Å². The zero-order valence-corrected chi connectivity index (χ0v) is 21.8. The molecule has 0 unspecified atom stereocenters. The maximum Gasteiger partial charge on any atom is 0.274 e. The lowest BCUT2D eigenvalue weighted by Crippen LogP contribution is -2.48. The van der Waals surface area contributed by atoms with E-state index in [9.17, 15) is 9.18 Å². The quantitative estimate of drug-likeness (QED) is 0.268. The number of imidazole rings is 1. The molecule has 2 heterocycles.